The second kappa shape index (κ2) is 14.4. The lowest BCUT2D eigenvalue weighted by molar-refractivity contribution is -0.143. The van der Waals surface area contributed by atoms with Gasteiger partial charge in [0.25, 0.3) is 11.8 Å². The summed E-state index contributed by atoms with van der Waals surface area (Å²) in [6.07, 6.45) is 2.13. The van der Waals surface area contributed by atoms with E-state index in [1.54, 1.807) is 14.0 Å². The van der Waals surface area contributed by atoms with Gasteiger partial charge in [0.1, 0.15) is 11.4 Å². The van der Waals surface area contributed by atoms with E-state index in [1.165, 1.54) is 27.2 Å². The van der Waals surface area contributed by atoms with Crippen LogP contribution in [0, 0.1) is 0 Å². The fraction of sp³-hybridized carbons (Fsp3) is 0.556. The third-order valence-electron chi connectivity index (χ3n) is 6.64. The summed E-state index contributed by atoms with van der Waals surface area (Å²) in [6.45, 7) is 8.12. The van der Waals surface area contributed by atoms with Crippen molar-refractivity contribution in [3.8, 4) is 5.75 Å². The van der Waals surface area contributed by atoms with E-state index >= 15 is 0 Å². The zero-order valence-corrected chi connectivity index (χ0v) is 25.0. The van der Waals surface area contributed by atoms with E-state index in [1.807, 2.05) is 18.7 Å². The van der Waals surface area contributed by atoms with E-state index < -0.39 is 21.8 Å². The molecule has 0 bridgehead atoms. The zero-order chi connectivity index (χ0) is 30.2. The number of carbonyl (C=O) groups is 3. The summed E-state index contributed by atoms with van der Waals surface area (Å²) in [5.41, 5.74) is 6.31. The van der Waals surface area contributed by atoms with Crippen molar-refractivity contribution in [1.82, 2.24) is 19.0 Å². The van der Waals surface area contributed by atoms with Crippen molar-refractivity contribution in [3.63, 3.8) is 0 Å². The zero-order valence-electron chi connectivity index (χ0n) is 24.1. The molecule has 1 aliphatic heterocycles. The van der Waals surface area contributed by atoms with Crippen LogP contribution >= 0.6 is 0 Å². The summed E-state index contributed by atoms with van der Waals surface area (Å²) in [5.74, 6) is -1.47. The molecular formula is C27H40N6O7S. The molecule has 41 heavy (non-hydrogen) atoms. The Labute approximate surface area is 241 Å². The average Bonchev–Trinajstić information content (AvgIpc) is 3.25. The van der Waals surface area contributed by atoms with Gasteiger partial charge in [0.2, 0.25) is 10.0 Å². The molecule has 0 atom stereocenters. The number of aryl methyl sites for hydroxylation is 2. The average molecular weight is 593 g/mol. The SMILES string of the molecule is CCCOc1ccc(S(=O)(=O)N2CCN(CCC(=O)OCC)CC2)cc1C(=O)Nc1c(CCC)nn(C)c1C(N)=O. The molecule has 1 fully saturated rings. The van der Waals surface area contributed by atoms with Crippen LogP contribution in [0.2, 0.25) is 0 Å². The number of sulfonamides is 1. The normalized spacial score (nSPS) is 14.5. The van der Waals surface area contributed by atoms with Crippen LogP contribution in [0.5, 0.6) is 5.75 Å². The monoisotopic (exact) mass is 592 g/mol. The Balaban J connectivity index is 1.85. The van der Waals surface area contributed by atoms with Gasteiger partial charge in [0.15, 0.2) is 0 Å². The predicted octanol–water partition coefficient (Wildman–Crippen LogP) is 1.77. The first-order valence-electron chi connectivity index (χ1n) is 13.8. The summed E-state index contributed by atoms with van der Waals surface area (Å²) in [6, 6.07) is 4.19. The number of hydrogen-bond donors (Lipinski definition) is 2. The highest BCUT2D eigenvalue weighted by atomic mass is 32.2. The van der Waals surface area contributed by atoms with E-state index in [-0.39, 0.29) is 53.1 Å². The maximum absolute atomic E-state index is 13.6. The van der Waals surface area contributed by atoms with Gasteiger partial charge in [-0.3, -0.25) is 19.1 Å². The summed E-state index contributed by atoms with van der Waals surface area (Å²) in [5, 5.41) is 7.07. The molecule has 0 unspecified atom stereocenters. The first-order valence-corrected chi connectivity index (χ1v) is 15.3. The smallest absolute Gasteiger partial charge is 0.307 e. The van der Waals surface area contributed by atoms with Gasteiger partial charge in [-0.05, 0) is 38.0 Å². The fourth-order valence-electron chi connectivity index (χ4n) is 4.60. The molecule has 2 heterocycles. The molecule has 1 aromatic heterocycles. The number of rotatable bonds is 14. The van der Waals surface area contributed by atoms with Gasteiger partial charge >= 0.3 is 5.97 Å². The maximum Gasteiger partial charge on any atom is 0.307 e. The van der Waals surface area contributed by atoms with Gasteiger partial charge in [-0.1, -0.05) is 20.3 Å². The van der Waals surface area contributed by atoms with Crippen LogP contribution in [-0.4, -0.2) is 91.1 Å². The molecule has 1 aliphatic rings. The number of esters is 1. The molecular weight excluding hydrogens is 552 g/mol. The second-order valence-corrected chi connectivity index (χ2v) is 11.6. The molecule has 0 aliphatic carbocycles. The van der Waals surface area contributed by atoms with Crippen molar-refractivity contribution in [2.24, 2.45) is 12.8 Å². The van der Waals surface area contributed by atoms with Crippen LogP contribution in [-0.2, 0) is 33.0 Å². The van der Waals surface area contributed by atoms with Crippen molar-refractivity contribution < 1.29 is 32.3 Å². The van der Waals surface area contributed by atoms with Gasteiger partial charge in [-0.2, -0.15) is 9.40 Å². The van der Waals surface area contributed by atoms with E-state index in [2.05, 4.69) is 10.4 Å². The molecule has 0 saturated carbocycles. The third-order valence-corrected chi connectivity index (χ3v) is 8.54. The highest BCUT2D eigenvalue weighted by Gasteiger charge is 2.31. The molecule has 2 amide bonds. The predicted molar refractivity (Wildman–Crippen MR) is 152 cm³/mol. The van der Waals surface area contributed by atoms with Gasteiger partial charge in [-0.15, -0.1) is 0 Å². The lowest BCUT2D eigenvalue weighted by Gasteiger charge is -2.33. The molecule has 226 valence electrons. The molecule has 1 saturated heterocycles. The highest BCUT2D eigenvalue weighted by molar-refractivity contribution is 7.89. The van der Waals surface area contributed by atoms with Gasteiger partial charge in [-0.25, -0.2) is 8.42 Å². The number of primary amides is 1. The summed E-state index contributed by atoms with van der Waals surface area (Å²) < 4.78 is 40.6. The minimum Gasteiger partial charge on any atom is -0.493 e. The number of benzene rings is 1. The number of amides is 2. The number of nitrogens with two attached hydrogens (primary N) is 1. The summed E-state index contributed by atoms with van der Waals surface area (Å²) >= 11 is 0. The molecule has 2 aromatic rings. The topological polar surface area (TPSA) is 166 Å². The van der Waals surface area contributed by atoms with E-state index in [4.69, 9.17) is 15.2 Å². The minimum atomic E-state index is -3.94. The summed E-state index contributed by atoms with van der Waals surface area (Å²) in [7, 11) is -2.37. The number of aromatic nitrogens is 2. The Morgan fingerprint density at radius 3 is 2.39 bits per heavy atom. The highest BCUT2D eigenvalue weighted by Crippen LogP contribution is 2.28. The van der Waals surface area contributed by atoms with Crippen LogP contribution < -0.4 is 15.8 Å². The maximum atomic E-state index is 13.6. The number of nitrogens with zero attached hydrogens (tertiary/aromatic N) is 4. The number of piperazine rings is 1. The van der Waals surface area contributed by atoms with Gasteiger partial charge < -0.3 is 25.4 Å². The Kier molecular flexibility index (Phi) is 11.3. The molecule has 0 spiro atoms. The molecule has 13 nitrogen and oxygen atoms in total. The van der Waals surface area contributed by atoms with Crippen molar-refractivity contribution in [2.45, 2.75) is 51.3 Å². The van der Waals surface area contributed by atoms with Crippen LogP contribution in [0.15, 0.2) is 23.1 Å². The number of nitrogens with one attached hydrogen (secondary N) is 1. The number of anilines is 1. The van der Waals surface area contributed by atoms with Crippen LogP contribution in [0.25, 0.3) is 0 Å². The molecule has 14 heteroatoms. The molecule has 3 rings (SSSR count). The van der Waals surface area contributed by atoms with Crippen molar-refractivity contribution in [2.75, 3.05) is 51.3 Å². The third kappa shape index (κ3) is 7.83. The quantitative estimate of drug-likeness (QED) is 0.311. The van der Waals surface area contributed by atoms with Crippen LogP contribution in [0.3, 0.4) is 0 Å². The van der Waals surface area contributed by atoms with Crippen LogP contribution in [0.1, 0.15) is 66.6 Å². The Bertz CT molecular complexity index is 1350. The Morgan fingerprint density at radius 1 is 1.07 bits per heavy atom. The van der Waals surface area contributed by atoms with Crippen molar-refractivity contribution >= 4 is 33.5 Å². The molecule has 0 radical (unpaired) electrons. The Hall–Kier alpha value is -3.49. The second-order valence-electron chi connectivity index (χ2n) is 9.67. The van der Waals surface area contributed by atoms with E-state index in [0.717, 1.165) is 0 Å². The first kappa shape index (κ1) is 32.0. The van der Waals surface area contributed by atoms with Crippen molar-refractivity contribution in [3.05, 3.63) is 35.2 Å². The number of hydrogen-bond acceptors (Lipinski definition) is 9. The lowest BCUT2D eigenvalue weighted by atomic mass is 10.1. The van der Waals surface area contributed by atoms with Gasteiger partial charge in [0.05, 0.1) is 41.5 Å². The first-order chi connectivity index (χ1) is 19.5. The standard InChI is InChI=1S/C27H40N6O7S/c1-5-8-21-24(25(26(28)35)31(4)30-21)29-27(36)20-18-19(9-10-22(20)40-17-6-2)41(37,38)33-15-13-32(14-16-33)12-11-23(34)39-7-3/h9-10,18H,5-8,11-17H2,1-4H3,(H2,28,35)(H,29,36). The minimum absolute atomic E-state index is 0.00863. The van der Waals surface area contributed by atoms with E-state index in [0.29, 0.717) is 57.8 Å². The van der Waals surface area contributed by atoms with E-state index in [9.17, 15) is 22.8 Å². The summed E-state index contributed by atoms with van der Waals surface area (Å²) in [4.78, 5) is 39.4. The van der Waals surface area contributed by atoms with Crippen molar-refractivity contribution in [1.29, 1.82) is 0 Å². The molecule has 3 N–H and O–H groups in total. The number of ether oxygens (including phenoxy) is 2. The number of carbonyl (C=O) groups excluding carboxylic acids is 3. The van der Waals surface area contributed by atoms with Crippen LogP contribution in [0.4, 0.5) is 5.69 Å². The largest absolute Gasteiger partial charge is 0.493 e. The lowest BCUT2D eigenvalue weighted by Crippen LogP contribution is -2.49. The fourth-order valence-corrected chi connectivity index (χ4v) is 6.05. The Morgan fingerprint density at radius 2 is 1.78 bits per heavy atom. The van der Waals surface area contributed by atoms with Gasteiger partial charge in [0, 0.05) is 39.8 Å². The molecule has 1 aromatic carbocycles.